The van der Waals surface area contributed by atoms with Crippen molar-refractivity contribution < 1.29 is 22.5 Å². The molecule has 0 atom stereocenters. The first-order valence-electron chi connectivity index (χ1n) is 8.79. The number of methoxy groups -OCH3 is 1. The van der Waals surface area contributed by atoms with Crippen LogP contribution < -0.4 is 14.9 Å². The van der Waals surface area contributed by atoms with Gasteiger partial charge in [0, 0.05) is 12.1 Å². The largest absolute Gasteiger partial charge is 0.495 e. The Kier molecular flexibility index (Phi) is 6.46. The summed E-state index contributed by atoms with van der Waals surface area (Å²) in [6, 6.07) is 15.1. The second kappa shape index (κ2) is 9.22. The zero-order valence-corrected chi connectivity index (χ0v) is 17.0. The van der Waals surface area contributed by atoms with Crippen LogP contribution in [0, 0.1) is 15.9 Å². The van der Waals surface area contributed by atoms with Gasteiger partial charge in [0.15, 0.2) is 0 Å². The van der Waals surface area contributed by atoms with E-state index in [-0.39, 0.29) is 22.0 Å². The van der Waals surface area contributed by atoms with Crippen molar-refractivity contribution in [3.8, 4) is 5.75 Å². The Bertz CT molecular complexity index is 1230. The van der Waals surface area contributed by atoms with Crippen molar-refractivity contribution >= 4 is 33.3 Å². The number of nitrogens with zero attached hydrogens (tertiary/aromatic N) is 2. The number of halogens is 1. The Hall–Kier alpha value is -3.99. The lowest BCUT2D eigenvalue weighted by atomic mass is 10.2. The van der Waals surface area contributed by atoms with Crippen LogP contribution in [0.4, 0.5) is 21.5 Å². The van der Waals surface area contributed by atoms with Crippen LogP contribution in [0.5, 0.6) is 5.75 Å². The molecule has 3 aromatic rings. The van der Waals surface area contributed by atoms with Crippen molar-refractivity contribution in [1.82, 2.24) is 0 Å². The van der Waals surface area contributed by atoms with E-state index in [4.69, 9.17) is 4.74 Å². The molecular weight excluding hydrogens is 427 g/mol. The van der Waals surface area contributed by atoms with E-state index in [0.29, 0.717) is 5.56 Å². The maximum absolute atomic E-state index is 13.0. The van der Waals surface area contributed by atoms with Crippen LogP contribution in [0.25, 0.3) is 0 Å². The van der Waals surface area contributed by atoms with Crippen LogP contribution in [0.15, 0.2) is 76.7 Å². The van der Waals surface area contributed by atoms with E-state index in [2.05, 4.69) is 15.2 Å². The smallest absolute Gasteiger partial charge is 0.270 e. The minimum absolute atomic E-state index is 0.00589. The predicted octanol–water partition coefficient (Wildman–Crippen LogP) is 3.99. The number of hydrogen-bond donors (Lipinski definition) is 2. The fraction of sp³-hybridized carbons (Fsp3) is 0.0500. The number of hydrogen-bond acceptors (Lipinski definition) is 7. The molecule has 31 heavy (non-hydrogen) atoms. The SMILES string of the molecule is COc1ccccc1NS(=O)(=O)c1cc([N+](=O)[O-])ccc1NN=Cc1ccc(F)cc1. The van der Waals surface area contributed by atoms with Gasteiger partial charge < -0.3 is 4.74 Å². The number of nitro benzene ring substituents is 1. The molecule has 0 aliphatic heterocycles. The molecule has 11 heteroatoms. The molecule has 0 aromatic heterocycles. The van der Waals surface area contributed by atoms with Crippen LogP contribution in [-0.2, 0) is 10.0 Å². The predicted molar refractivity (Wildman–Crippen MR) is 115 cm³/mol. The van der Waals surface area contributed by atoms with Crippen molar-refractivity contribution in [2.45, 2.75) is 4.90 Å². The number of nitrogens with one attached hydrogen (secondary N) is 2. The first-order valence-corrected chi connectivity index (χ1v) is 10.3. The molecule has 0 saturated carbocycles. The van der Waals surface area contributed by atoms with E-state index in [1.54, 1.807) is 18.2 Å². The average Bonchev–Trinajstić information content (AvgIpc) is 2.75. The first-order chi connectivity index (χ1) is 14.8. The van der Waals surface area contributed by atoms with Crippen molar-refractivity contribution in [2.24, 2.45) is 5.10 Å². The third kappa shape index (κ3) is 5.34. The summed E-state index contributed by atoms with van der Waals surface area (Å²) in [5, 5.41) is 15.1. The Labute approximate surface area is 177 Å². The zero-order valence-electron chi connectivity index (χ0n) is 16.2. The van der Waals surface area contributed by atoms with Gasteiger partial charge in [-0.05, 0) is 35.9 Å². The van der Waals surface area contributed by atoms with Crippen LogP contribution in [0.1, 0.15) is 5.56 Å². The number of nitro groups is 1. The van der Waals surface area contributed by atoms with E-state index in [9.17, 15) is 22.9 Å². The topological polar surface area (TPSA) is 123 Å². The highest BCUT2D eigenvalue weighted by Gasteiger charge is 2.23. The van der Waals surface area contributed by atoms with Gasteiger partial charge in [-0.25, -0.2) is 12.8 Å². The van der Waals surface area contributed by atoms with Crippen molar-refractivity contribution in [1.29, 1.82) is 0 Å². The summed E-state index contributed by atoms with van der Waals surface area (Å²) >= 11 is 0. The third-order valence-corrected chi connectivity index (χ3v) is 5.49. The molecule has 0 heterocycles. The van der Waals surface area contributed by atoms with E-state index in [1.165, 1.54) is 49.7 Å². The van der Waals surface area contributed by atoms with Crippen molar-refractivity contribution in [2.75, 3.05) is 17.3 Å². The fourth-order valence-corrected chi connectivity index (χ4v) is 3.84. The lowest BCUT2D eigenvalue weighted by molar-refractivity contribution is -0.385. The third-order valence-electron chi connectivity index (χ3n) is 4.09. The van der Waals surface area contributed by atoms with Crippen LogP contribution in [0.2, 0.25) is 0 Å². The lowest BCUT2D eigenvalue weighted by Crippen LogP contribution is -2.15. The summed E-state index contributed by atoms with van der Waals surface area (Å²) < 4.78 is 46.5. The highest BCUT2D eigenvalue weighted by molar-refractivity contribution is 7.93. The molecule has 0 bridgehead atoms. The molecule has 0 aliphatic carbocycles. The lowest BCUT2D eigenvalue weighted by Gasteiger charge is -2.14. The Balaban J connectivity index is 1.95. The van der Waals surface area contributed by atoms with Crippen LogP contribution in [-0.4, -0.2) is 26.7 Å². The quantitative estimate of drug-likeness (QED) is 0.308. The van der Waals surface area contributed by atoms with Crippen LogP contribution >= 0.6 is 0 Å². The summed E-state index contributed by atoms with van der Waals surface area (Å²) in [6.45, 7) is 0. The molecule has 0 amide bonds. The molecule has 0 radical (unpaired) electrons. The summed E-state index contributed by atoms with van der Waals surface area (Å²) in [6.07, 6.45) is 1.35. The number of hydrazone groups is 1. The van der Waals surface area contributed by atoms with E-state index in [1.807, 2.05) is 0 Å². The van der Waals surface area contributed by atoms with E-state index < -0.39 is 26.5 Å². The second-order valence-electron chi connectivity index (χ2n) is 6.16. The molecule has 9 nitrogen and oxygen atoms in total. The van der Waals surface area contributed by atoms with Gasteiger partial charge in [-0.15, -0.1) is 0 Å². The minimum Gasteiger partial charge on any atom is -0.495 e. The number of non-ortho nitro benzene ring substituents is 1. The first kappa shape index (κ1) is 21.7. The van der Waals surface area contributed by atoms with Crippen molar-refractivity contribution in [3.05, 3.63) is 88.2 Å². The van der Waals surface area contributed by atoms with Gasteiger partial charge in [-0.3, -0.25) is 20.3 Å². The van der Waals surface area contributed by atoms with Gasteiger partial charge in [-0.1, -0.05) is 24.3 Å². The average molecular weight is 444 g/mol. The summed E-state index contributed by atoms with van der Waals surface area (Å²) in [7, 11) is -2.87. The van der Waals surface area contributed by atoms with Gasteiger partial charge in [0.2, 0.25) is 0 Å². The highest BCUT2D eigenvalue weighted by Crippen LogP contribution is 2.31. The van der Waals surface area contributed by atoms with Crippen molar-refractivity contribution in [3.63, 3.8) is 0 Å². The monoisotopic (exact) mass is 444 g/mol. The fourth-order valence-electron chi connectivity index (χ4n) is 2.59. The van der Waals surface area contributed by atoms with E-state index >= 15 is 0 Å². The molecule has 3 rings (SSSR count). The molecular formula is C20H17FN4O5S. The molecule has 160 valence electrons. The summed E-state index contributed by atoms with van der Waals surface area (Å²) in [5.74, 6) is -0.128. The van der Waals surface area contributed by atoms with Gasteiger partial charge in [-0.2, -0.15) is 5.10 Å². The maximum atomic E-state index is 13.0. The normalized spacial score (nSPS) is 11.3. The number of anilines is 2. The zero-order chi connectivity index (χ0) is 22.4. The highest BCUT2D eigenvalue weighted by atomic mass is 32.2. The second-order valence-corrected chi connectivity index (χ2v) is 7.82. The Morgan fingerprint density at radius 3 is 2.45 bits per heavy atom. The number of rotatable bonds is 8. The molecule has 0 saturated heterocycles. The molecule has 0 spiro atoms. The van der Waals surface area contributed by atoms with Crippen LogP contribution in [0.3, 0.4) is 0 Å². The Morgan fingerprint density at radius 2 is 1.77 bits per heavy atom. The molecule has 3 aromatic carbocycles. The summed E-state index contributed by atoms with van der Waals surface area (Å²) in [5.41, 5.74) is 2.89. The number of benzene rings is 3. The standard InChI is InChI=1S/C20H17FN4O5S/c1-30-19-5-3-2-4-17(19)24-31(28,29)20-12-16(25(26)27)10-11-18(20)23-22-13-14-6-8-15(21)9-7-14/h2-13,23-24H,1H3. The number of sulfonamides is 1. The van der Waals surface area contributed by atoms with E-state index in [0.717, 1.165) is 12.1 Å². The molecule has 0 aliphatic rings. The van der Waals surface area contributed by atoms with Gasteiger partial charge in [0.1, 0.15) is 16.5 Å². The molecule has 0 fully saturated rings. The Morgan fingerprint density at radius 1 is 1.06 bits per heavy atom. The number of para-hydroxylation sites is 2. The maximum Gasteiger partial charge on any atom is 0.270 e. The van der Waals surface area contributed by atoms with Gasteiger partial charge >= 0.3 is 0 Å². The van der Waals surface area contributed by atoms with Gasteiger partial charge in [0.25, 0.3) is 15.7 Å². The molecule has 0 unspecified atom stereocenters. The number of ether oxygens (including phenoxy) is 1. The van der Waals surface area contributed by atoms with Gasteiger partial charge in [0.05, 0.1) is 29.6 Å². The molecule has 2 N–H and O–H groups in total. The minimum atomic E-state index is -4.25. The summed E-state index contributed by atoms with van der Waals surface area (Å²) in [4.78, 5) is 10.1.